The Labute approximate surface area is 145 Å². The number of rotatable bonds is 12. The van der Waals surface area contributed by atoms with E-state index in [-0.39, 0.29) is 24.0 Å². The standard InChI is InChI=1S/C20H30O4/c1-2-3-6-9-17(21)14-12-16-13-15-19(22)18(16)10-7-4-5-8-11-20(23)24/h4,7,12-18,21H,2-3,5-6,8-11H2,1H3,(H,23,24)/t16-,17-,18+/m0/s1. The van der Waals surface area contributed by atoms with Gasteiger partial charge in [-0.05, 0) is 31.8 Å². The summed E-state index contributed by atoms with van der Waals surface area (Å²) >= 11 is 0. The fraction of sp³-hybridized carbons (Fsp3) is 0.600. The quantitative estimate of drug-likeness (QED) is 0.417. The summed E-state index contributed by atoms with van der Waals surface area (Å²) in [5.74, 6) is -0.705. The second kappa shape index (κ2) is 11.8. The van der Waals surface area contributed by atoms with Gasteiger partial charge < -0.3 is 10.2 Å². The van der Waals surface area contributed by atoms with E-state index in [1.54, 1.807) is 6.08 Å². The molecule has 0 spiro atoms. The summed E-state index contributed by atoms with van der Waals surface area (Å²) in [6.45, 7) is 2.14. The largest absolute Gasteiger partial charge is 0.481 e. The number of unbranched alkanes of at least 4 members (excludes halogenated alkanes) is 3. The van der Waals surface area contributed by atoms with Crippen LogP contribution in [0.15, 0.2) is 36.5 Å². The molecule has 1 aliphatic carbocycles. The first-order chi connectivity index (χ1) is 11.5. The van der Waals surface area contributed by atoms with E-state index in [0.29, 0.717) is 12.8 Å². The normalized spacial score (nSPS) is 22.0. The Morgan fingerprint density at radius 1 is 1.29 bits per heavy atom. The first-order valence-corrected chi connectivity index (χ1v) is 8.99. The Morgan fingerprint density at radius 2 is 2.08 bits per heavy atom. The number of carboxylic acids is 1. The van der Waals surface area contributed by atoms with Crippen LogP contribution in [0.1, 0.15) is 58.3 Å². The topological polar surface area (TPSA) is 74.6 Å². The van der Waals surface area contributed by atoms with Gasteiger partial charge in [-0.25, -0.2) is 0 Å². The number of hydrogen-bond donors (Lipinski definition) is 2. The van der Waals surface area contributed by atoms with Crippen molar-refractivity contribution in [2.75, 3.05) is 0 Å². The van der Waals surface area contributed by atoms with E-state index < -0.39 is 12.1 Å². The number of carbonyl (C=O) groups is 2. The molecular weight excluding hydrogens is 304 g/mol. The van der Waals surface area contributed by atoms with Gasteiger partial charge in [-0.2, -0.15) is 0 Å². The Morgan fingerprint density at radius 3 is 2.79 bits per heavy atom. The maximum Gasteiger partial charge on any atom is 0.303 e. The van der Waals surface area contributed by atoms with Crippen molar-refractivity contribution >= 4 is 11.8 Å². The van der Waals surface area contributed by atoms with E-state index in [2.05, 4.69) is 6.92 Å². The van der Waals surface area contributed by atoms with Gasteiger partial charge in [0.25, 0.3) is 0 Å². The lowest BCUT2D eigenvalue weighted by atomic mass is 9.90. The van der Waals surface area contributed by atoms with Crippen LogP contribution in [0.3, 0.4) is 0 Å². The SMILES string of the molecule is CCCCC[C@H](O)C=C[C@H]1C=CC(=O)[C@@H]1CC=CCCCC(=O)O. The van der Waals surface area contributed by atoms with Gasteiger partial charge in [0.1, 0.15) is 0 Å². The average Bonchev–Trinajstić information content (AvgIpc) is 2.89. The number of aliphatic carboxylic acids is 1. The molecule has 0 radical (unpaired) electrons. The molecule has 0 fully saturated rings. The van der Waals surface area contributed by atoms with Gasteiger partial charge >= 0.3 is 5.97 Å². The van der Waals surface area contributed by atoms with Gasteiger partial charge in [0.2, 0.25) is 0 Å². The van der Waals surface area contributed by atoms with Crippen LogP contribution < -0.4 is 0 Å². The second-order valence-corrected chi connectivity index (χ2v) is 6.39. The highest BCUT2D eigenvalue weighted by Gasteiger charge is 2.27. The number of aliphatic hydroxyl groups excluding tert-OH is 1. The monoisotopic (exact) mass is 334 g/mol. The minimum absolute atomic E-state index is 0.0435. The van der Waals surface area contributed by atoms with Crippen LogP contribution in [0.4, 0.5) is 0 Å². The molecule has 0 aromatic carbocycles. The molecule has 134 valence electrons. The van der Waals surface area contributed by atoms with Crippen LogP contribution in [-0.4, -0.2) is 28.1 Å². The van der Waals surface area contributed by atoms with Crippen molar-refractivity contribution < 1.29 is 19.8 Å². The maximum absolute atomic E-state index is 12.0. The summed E-state index contributed by atoms with van der Waals surface area (Å²) in [6, 6.07) is 0. The number of carboxylic acid groups (broad SMARTS) is 1. The number of ketones is 1. The zero-order valence-corrected chi connectivity index (χ0v) is 14.6. The lowest BCUT2D eigenvalue weighted by molar-refractivity contribution is -0.137. The fourth-order valence-electron chi connectivity index (χ4n) is 2.81. The molecule has 0 saturated carbocycles. The molecule has 24 heavy (non-hydrogen) atoms. The van der Waals surface area contributed by atoms with Crippen LogP contribution in [0.5, 0.6) is 0 Å². The molecule has 1 rings (SSSR count). The lowest BCUT2D eigenvalue weighted by Gasteiger charge is -2.13. The van der Waals surface area contributed by atoms with Crippen LogP contribution in [0.2, 0.25) is 0 Å². The molecular formula is C20H30O4. The first-order valence-electron chi connectivity index (χ1n) is 8.99. The number of hydrogen-bond acceptors (Lipinski definition) is 3. The van der Waals surface area contributed by atoms with Gasteiger partial charge in [0.15, 0.2) is 5.78 Å². The third kappa shape index (κ3) is 8.25. The molecule has 0 unspecified atom stereocenters. The third-order valence-corrected chi connectivity index (χ3v) is 4.29. The summed E-state index contributed by atoms with van der Waals surface area (Å²) in [4.78, 5) is 22.4. The smallest absolute Gasteiger partial charge is 0.303 e. The Kier molecular flexibility index (Phi) is 10.0. The summed E-state index contributed by atoms with van der Waals surface area (Å²) in [5.41, 5.74) is 0. The van der Waals surface area contributed by atoms with Crippen molar-refractivity contribution in [3.63, 3.8) is 0 Å². The van der Waals surface area contributed by atoms with Gasteiger partial charge in [0, 0.05) is 18.3 Å². The zero-order valence-electron chi connectivity index (χ0n) is 14.6. The fourth-order valence-corrected chi connectivity index (χ4v) is 2.81. The second-order valence-electron chi connectivity index (χ2n) is 6.39. The highest BCUT2D eigenvalue weighted by Crippen LogP contribution is 2.27. The molecule has 0 aliphatic heterocycles. The van der Waals surface area contributed by atoms with E-state index in [9.17, 15) is 14.7 Å². The van der Waals surface area contributed by atoms with Gasteiger partial charge in [0.05, 0.1) is 6.10 Å². The molecule has 2 N–H and O–H groups in total. The van der Waals surface area contributed by atoms with Crippen molar-refractivity contribution in [1.82, 2.24) is 0 Å². The van der Waals surface area contributed by atoms with E-state index in [4.69, 9.17) is 5.11 Å². The van der Waals surface area contributed by atoms with Crippen LogP contribution in [0.25, 0.3) is 0 Å². The molecule has 1 aliphatic rings. The highest BCUT2D eigenvalue weighted by molar-refractivity contribution is 5.95. The molecule has 0 amide bonds. The summed E-state index contributed by atoms with van der Waals surface area (Å²) in [7, 11) is 0. The summed E-state index contributed by atoms with van der Waals surface area (Å²) < 4.78 is 0. The van der Waals surface area contributed by atoms with Crippen LogP contribution >= 0.6 is 0 Å². The highest BCUT2D eigenvalue weighted by atomic mass is 16.4. The van der Waals surface area contributed by atoms with Crippen molar-refractivity contribution in [3.8, 4) is 0 Å². The number of carbonyl (C=O) groups excluding carboxylic acids is 1. The molecule has 4 nitrogen and oxygen atoms in total. The minimum atomic E-state index is -0.777. The van der Waals surface area contributed by atoms with Crippen molar-refractivity contribution in [3.05, 3.63) is 36.5 Å². The molecule has 0 bridgehead atoms. The molecule has 0 aromatic heterocycles. The predicted molar refractivity (Wildman–Crippen MR) is 95.7 cm³/mol. The van der Waals surface area contributed by atoms with E-state index in [1.165, 1.54) is 0 Å². The molecule has 4 heteroatoms. The molecule has 0 aromatic rings. The number of allylic oxidation sites excluding steroid dienone is 5. The van der Waals surface area contributed by atoms with E-state index in [0.717, 1.165) is 32.1 Å². The number of aliphatic hydroxyl groups is 1. The van der Waals surface area contributed by atoms with Crippen molar-refractivity contribution in [2.24, 2.45) is 11.8 Å². The van der Waals surface area contributed by atoms with Crippen LogP contribution in [-0.2, 0) is 9.59 Å². The minimum Gasteiger partial charge on any atom is -0.481 e. The molecule has 3 atom stereocenters. The third-order valence-electron chi connectivity index (χ3n) is 4.29. The summed E-state index contributed by atoms with van der Waals surface area (Å²) in [5, 5.41) is 18.5. The Balaban J connectivity index is 2.38. The Hall–Kier alpha value is -1.68. The zero-order chi connectivity index (χ0) is 17.8. The van der Waals surface area contributed by atoms with Gasteiger partial charge in [-0.3, -0.25) is 9.59 Å². The predicted octanol–water partition coefficient (Wildman–Crippen LogP) is 4.06. The van der Waals surface area contributed by atoms with E-state index >= 15 is 0 Å². The molecule has 0 heterocycles. The van der Waals surface area contributed by atoms with E-state index in [1.807, 2.05) is 30.4 Å². The summed E-state index contributed by atoms with van der Waals surface area (Å²) in [6.07, 6.45) is 17.0. The van der Waals surface area contributed by atoms with Crippen LogP contribution in [0, 0.1) is 11.8 Å². The lowest BCUT2D eigenvalue weighted by Crippen LogP contribution is -2.14. The molecule has 0 saturated heterocycles. The average molecular weight is 334 g/mol. The first kappa shape index (κ1) is 20.4. The maximum atomic E-state index is 12.0. The van der Waals surface area contributed by atoms with Gasteiger partial charge in [-0.1, -0.05) is 56.6 Å². The van der Waals surface area contributed by atoms with Crippen molar-refractivity contribution in [1.29, 1.82) is 0 Å². The van der Waals surface area contributed by atoms with Gasteiger partial charge in [-0.15, -0.1) is 0 Å². The van der Waals surface area contributed by atoms with Crippen molar-refractivity contribution in [2.45, 2.75) is 64.4 Å². The Bertz CT molecular complexity index is 476.